The molecule has 1 saturated heterocycles. The maximum Gasteiger partial charge on any atom is 1.00 e. The first-order valence-corrected chi connectivity index (χ1v) is 24.8. The van der Waals surface area contributed by atoms with Crippen LogP contribution >= 0.6 is 0 Å². The Morgan fingerprint density at radius 3 is 0.941 bits per heavy atom. The quantitative estimate of drug-likeness (QED) is 0.0441. The molecule has 1 heterocycles. The average Bonchev–Trinajstić information content (AvgIpc) is 2.92. The van der Waals surface area contributed by atoms with Crippen LogP contribution in [0.4, 0.5) is 0 Å². The molecule has 68 heavy (non-hydrogen) atoms. The fraction of sp³-hybridized carbons (Fsp3) is 1.00. The number of hydrogen-bond acceptors (Lipinski definition) is 38. The molecular formula is C12H15K9O38S9. The van der Waals surface area contributed by atoms with Gasteiger partial charge in [0.25, 0.3) is 0 Å². The molecule has 1 aliphatic rings. The van der Waals surface area contributed by atoms with Gasteiger partial charge in [0, 0.05) is 0 Å². The minimum absolute atomic E-state index is 0. The Bertz CT molecular complexity index is 2510. The summed E-state index contributed by atoms with van der Waals surface area (Å²) in [6, 6.07) is 0. The summed E-state index contributed by atoms with van der Waals surface area (Å²) in [5, 5.41) is 0. The Kier molecular flexibility index (Phi) is 63.8. The second-order valence-corrected chi connectivity index (χ2v) is 18.9. The molecule has 0 amide bonds. The fourth-order valence-corrected chi connectivity index (χ4v) is 7.98. The van der Waals surface area contributed by atoms with Gasteiger partial charge in [-0.25, -0.2) is 75.8 Å². The first-order valence-electron chi connectivity index (χ1n) is 12.8. The van der Waals surface area contributed by atoms with Crippen molar-refractivity contribution in [3.8, 4) is 0 Å². The van der Waals surface area contributed by atoms with Crippen molar-refractivity contribution in [1.82, 2.24) is 0 Å². The van der Waals surface area contributed by atoms with Crippen molar-refractivity contribution in [3.63, 3.8) is 0 Å². The maximum absolute atomic E-state index is 11.6. The Balaban J connectivity index is -0.000000553. The molecule has 9 atom stereocenters. The molecule has 1 rings (SSSR count). The van der Waals surface area contributed by atoms with E-state index in [9.17, 15) is 117 Å². The van der Waals surface area contributed by atoms with Crippen LogP contribution in [0, 0.1) is 0 Å². The third-order valence-corrected chi connectivity index (χ3v) is 9.56. The second kappa shape index (κ2) is 43.2. The van der Waals surface area contributed by atoms with E-state index in [0.29, 0.717) is 0 Å². The molecule has 0 radical (unpaired) electrons. The molecule has 0 aromatic heterocycles. The van der Waals surface area contributed by atoms with Crippen molar-refractivity contribution >= 4 is 93.6 Å². The van der Waals surface area contributed by atoms with Crippen molar-refractivity contribution < 1.29 is 626 Å². The number of rotatable bonds is 26. The summed E-state index contributed by atoms with van der Waals surface area (Å²) in [6.45, 7) is -7.11. The summed E-state index contributed by atoms with van der Waals surface area (Å²) in [7, 11) is -58.4. The number of hydrogen-bond donors (Lipinski definition) is 0. The molecule has 0 aromatic rings. The van der Waals surface area contributed by atoms with Crippen molar-refractivity contribution in [1.29, 1.82) is 0 Å². The zero-order chi connectivity index (χ0) is 46.6. The Morgan fingerprint density at radius 2 is 0.647 bits per heavy atom. The molecule has 0 N–H and O–H groups in total. The second-order valence-electron chi connectivity index (χ2n) is 9.69. The Hall–Kier alpha value is 13.5. The predicted octanol–water partition coefficient (Wildman–Crippen LogP) is -37.4. The van der Waals surface area contributed by atoms with Crippen molar-refractivity contribution in [2.75, 3.05) is 19.8 Å². The van der Waals surface area contributed by atoms with Gasteiger partial charge in [0.15, 0.2) is 12.4 Å². The van der Waals surface area contributed by atoms with Gasteiger partial charge >= 0.3 is 462 Å². The summed E-state index contributed by atoms with van der Waals surface area (Å²) < 4.78 is 350. The molecule has 0 spiro atoms. The van der Waals surface area contributed by atoms with E-state index in [4.69, 9.17) is 4.74 Å². The minimum atomic E-state index is -6.77. The van der Waals surface area contributed by atoms with Crippen LogP contribution in [0.3, 0.4) is 0 Å². The molecule has 0 unspecified atom stereocenters. The average molecular weight is 1410 g/mol. The molecule has 38 nitrogen and oxygen atoms in total. The summed E-state index contributed by atoms with van der Waals surface area (Å²) in [5.41, 5.74) is 0. The molecule has 0 saturated carbocycles. The molecule has 1 aliphatic heterocycles. The van der Waals surface area contributed by atoms with E-state index >= 15 is 0 Å². The van der Waals surface area contributed by atoms with Crippen LogP contribution in [0.5, 0.6) is 0 Å². The number of ether oxygens (including phenoxy) is 2. The monoisotopic (exact) mass is 1410 g/mol. The van der Waals surface area contributed by atoms with E-state index in [0.717, 1.165) is 0 Å². The molecule has 0 aliphatic carbocycles. The normalized spacial score (nSPS) is 21.0. The van der Waals surface area contributed by atoms with Crippen LogP contribution in [0.2, 0.25) is 0 Å². The Morgan fingerprint density at radius 1 is 0.353 bits per heavy atom. The van der Waals surface area contributed by atoms with E-state index in [1.165, 1.54) is 0 Å². The standard InChI is InChI=1S/C12H24O38S9.9K/c13-51(14,15)41-2-4-7(46-55(25,26)27)10(49-58(34,35)36)11(50-59(37,38)39)12(43-4)40-1-5(44-53(19,20)21)8(47-56(28,29)30)9(48-57(31,32)33)6(45-54(22,23)24)3-42-52(16,17)18;;;;;;;;;/h4-12H,1-3H2,(H,13,14,15)(H,16,17,18)(H,19,20,21)(H,22,23,24)(H,25,26,27)(H,28,29,30)(H,31,32,33)(H,34,35,36)(H,37,38,39);;;;;;;;;/q;9*+1/p-9/t4-,5+,6-,7-,8-,9-,10+,11-,12-;;;;;;;;;/m1........./s1. The van der Waals surface area contributed by atoms with Crippen LogP contribution < -0.4 is 462 Å². The van der Waals surface area contributed by atoms with Crippen molar-refractivity contribution in [3.05, 3.63) is 0 Å². The summed E-state index contributed by atoms with van der Waals surface area (Å²) in [4.78, 5) is 0. The SMILES string of the molecule is O=S(=O)([O-])OC[C@H]1O[C@@H](OC[C@H](OS(=O)(=O)[O-])[C@@H](OS(=O)(=O)[O-])[C@H](OS(=O)(=O)[O-])[C@@H](COS(=O)(=O)[O-])OS(=O)(=O)[O-])[C@H](OS(=O)(=O)[O-])[C@@H](OS(=O)(=O)[O-])[C@@H]1OS(=O)(=O)[O-].[K+].[K+].[K+].[K+].[K+].[K+].[K+].[K+].[K+]. The smallest absolute Gasteiger partial charge is 0.726 e. The van der Waals surface area contributed by atoms with Gasteiger partial charge in [0.2, 0.25) is 93.6 Å². The van der Waals surface area contributed by atoms with Crippen molar-refractivity contribution in [2.24, 2.45) is 0 Å². The first kappa shape index (κ1) is 100. The summed E-state index contributed by atoms with van der Waals surface area (Å²) in [5.74, 6) is 0. The predicted molar refractivity (Wildman–Crippen MR) is 148 cm³/mol. The van der Waals surface area contributed by atoms with Crippen LogP contribution in [0.1, 0.15) is 0 Å². The first-order chi connectivity index (χ1) is 25.8. The van der Waals surface area contributed by atoms with Crippen LogP contribution in [-0.2, 0) is 141 Å². The van der Waals surface area contributed by atoms with Crippen LogP contribution in [-0.4, -0.2) is 192 Å². The third-order valence-electron chi connectivity index (χ3n) is 5.45. The maximum atomic E-state index is 11.6. The van der Waals surface area contributed by atoms with Gasteiger partial charge in [0.1, 0.15) is 42.7 Å². The molecule has 1 fully saturated rings. The van der Waals surface area contributed by atoms with Gasteiger partial charge in [-0.3, -0.25) is 37.6 Å². The zero-order valence-electron chi connectivity index (χ0n) is 35.5. The molecule has 354 valence electrons. The van der Waals surface area contributed by atoms with Crippen LogP contribution in [0.15, 0.2) is 0 Å². The zero-order valence-corrected chi connectivity index (χ0v) is 71.0. The van der Waals surface area contributed by atoms with E-state index in [1.807, 2.05) is 0 Å². The van der Waals surface area contributed by atoms with Crippen molar-refractivity contribution in [2.45, 2.75) is 55.1 Å². The van der Waals surface area contributed by atoms with Gasteiger partial charge in [-0.05, 0) is 0 Å². The molecule has 0 aromatic carbocycles. The van der Waals surface area contributed by atoms with E-state index in [-0.39, 0.29) is 462 Å². The van der Waals surface area contributed by atoms with E-state index in [2.05, 4.69) is 42.4 Å². The summed E-state index contributed by atoms with van der Waals surface area (Å²) in [6.07, 6.45) is -32.6. The fourth-order valence-electron chi connectivity index (χ4n) is 3.96. The largest absolute Gasteiger partial charge is 1.00 e. The van der Waals surface area contributed by atoms with Gasteiger partial charge in [0.05, 0.1) is 19.8 Å². The van der Waals surface area contributed by atoms with E-state index in [1.54, 1.807) is 0 Å². The van der Waals surface area contributed by atoms with Gasteiger partial charge in [-0.2, -0.15) is 0 Å². The van der Waals surface area contributed by atoms with Gasteiger partial charge < -0.3 is 50.4 Å². The van der Waals surface area contributed by atoms with Gasteiger partial charge in [-0.1, -0.05) is 0 Å². The minimum Gasteiger partial charge on any atom is -0.726 e. The van der Waals surface area contributed by atoms with E-state index < -0.39 is 169 Å². The van der Waals surface area contributed by atoms with Gasteiger partial charge in [-0.15, -0.1) is 0 Å². The molecule has 0 bridgehead atoms. The summed E-state index contributed by atoms with van der Waals surface area (Å²) >= 11 is 0. The topological polar surface area (TPSA) is 616 Å². The Labute approximate surface area is 771 Å². The molecular weight excluding hydrogens is 1390 g/mol. The molecule has 56 heteroatoms. The van der Waals surface area contributed by atoms with Crippen LogP contribution in [0.25, 0.3) is 0 Å². The third kappa shape index (κ3) is 51.5.